The van der Waals surface area contributed by atoms with Crippen LogP contribution in [0.25, 0.3) is 0 Å². The number of hydrogen-bond acceptors (Lipinski definition) is 5. The topological polar surface area (TPSA) is 62.4 Å². The van der Waals surface area contributed by atoms with Gasteiger partial charge in [-0.25, -0.2) is 0 Å². The van der Waals surface area contributed by atoms with Gasteiger partial charge >= 0.3 is 0 Å². The highest BCUT2D eigenvalue weighted by Gasteiger charge is 2.35. The van der Waals surface area contributed by atoms with E-state index >= 15 is 0 Å². The maximum absolute atomic E-state index is 9.85. The highest BCUT2D eigenvalue weighted by atomic mass is 16.4. The van der Waals surface area contributed by atoms with Gasteiger partial charge in [0.25, 0.3) is 0 Å². The van der Waals surface area contributed by atoms with Gasteiger partial charge in [0.2, 0.25) is 11.8 Å². The normalized spacial score (nSPS) is 16.2. The Hall–Kier alpha value is -1.72. The lowest BCUT2D eigenvalue weighted by Gasteiger charge is -2.29. The first kappa shape index (κ1) is 16.1. The monoisotopic (exact) mass is 315 g/mol. The molecule has 3 rings (SSSR count). The van der Waals surface area contributed by atoms with E-state index in [9.17, 15) is 5.11 Å². The average Bonchev–Trinajstić information content (AvgIpc) is 3.26. The lowest BCUT2D eigenvalue weighted by atomic mass is 10.1. The van der Waals surface area contributed by atoms with Crippen molar-refractivity contribution in [3.8, 4) is 0 Å². The Morgan fingerprint density at radius 1 is 1.17 bits per heavy atom. The van der Waals surface area contributed by atoms with Gasteiger partial charge in [0.15, 0.2) is 0 Å². The van der Waals surface area contributed by atoms with Crippen LogP contribution in [0.1, 0.15) is 50.0 Å². The zero-order valence-electron chi connectivity index (χ0n) is 13.9. The molecule has 0 aliphatic heterocycles. The number of nitrogens with zero attached hydrogens (tertiary/aromatic N) is 3. The smallest absolute Gasteiger partial charge is 0.230 e. The zero-order valence-corrected chi connectivity index (χ0v) is 13.9. The molecule has 0 radical (unpaired) electrons. The van der Waals surface area contributed by atoms with Crippen molar-refractivity contribution >= 4 is 0 Å². The van der Waals surface area contributed by atoms with Gasteiger partial charge < -0.3 is 9.52 Å². The van der Waals surface area contributed by atoms with Gasteiger partial charge in [-0.1, -0.05) is 44.2 Å². The van der Waals surface area contributed by atoms with Gasteiger partial charge in [-0.05, 0) is 24.3 Å². The first-order valence-corrected chi connectivity index (χ1v) is 8.38. The standard InChI is InChI=1S/C18H25N3O2/c1-13(2)18-20-19-17(23-18)11-21(16(12-22)15-8-9-15)10-14-6-4-3-5-7-14/h3-7,13,15-16,22H,8-12H2,1-2H3. The van der Waals surface area contributed by atoms with Crippen molar-refractivity contribution in [3.63, 3.8) is 0 Å². The third-order valence-electron chi connectivity index (χ3n) is 4.37. The number of hydrogen-bond donors (Lipinski definition) is 1. The van der Waals surface area contributed by atoms with Gasteiger partial charge in [-0.15, -0.1) is 10.2 Å². The summed E-state index contributed by atoms with van der Waals surface area (Å²) < 4.78 is 5.76. The van der Waals surface area contributed by atoms with Crippen LogP contribution >= 0.6 is 0 Å². The van der Waals surface area contributed by atoms with Crippen molar-refractivity contribution in [2.75, 3.05) is 6.61 Å². The summed E-state index contributed by atoms with van der Waals surface area (Å²) in [4.78, 5) is 2.27. The predicted molar refractivity (Wildman–Crippen MR) is 87.7 cm³/mol. The molecule has 1 unspecified atom stereocenters. The highest BCUT2D eigenvalue weighted by molar-refractivity contribution is 5.15. The molecule has 1 aromatic carbocycles. The summed E-state index contributed by atoms with van der Waals surface area (Å²) >= 11 is 0. The van der Waals surface area contributed by atoms with E-state index in [-0.39, 0.29) is 18.6 Å². The fraction of sp³-hybridized carbons (Fsp3) is 0.556. The van der Waals surface area contributed by atoms with Crippen LogP contribution in [0.15, 0.2) is 34.7 Å². The van der Waals surface area contributed by atoms with E-state index in [4.69, 9.17) is 4.42 Å². The molecule has 23 heavy (non-hydrogen) atoms. The van der Waals surface area contributed by atoms with Crippen LogP contribution in [-0.2, 0) is 13.1 Å². The van der Waals surface area contributed by atoms with Crippen molar-refractivity contribution in [2.24, 2.45) is 5.92 Å². The van der Waals surface area contributed by atoms with E-state index in [1.165, 1.54) is 18.4 Å². The van der Waals surface area contributed by atoms with E-state index in [1.807, 2.05) is 32.0 Å². The van der Waals surface area contributed by atoms with Crippen LogP contribution < -0.4 is 0 Å². The van der Waals surface area contributed by atoms with Gasteiger partial charge in [-0.2, -0.15) is 0 Å². The maximum Gasteiger partial charge on any atom is 0.230 e. The van der Waals surface area contributed by atoms with Gasteiger partial charge in [0.1, 0.15) is 0 Å². The van der Waals surface area contributed by atoms with Gasteiger partial charge in [0.05, 0.1) is 13.2 Å². The van der Waals surface area contributed by atoms with Crippen LogP contribution in [0.5, 0.6) is 0 Å². The molecule has 0 spiro atoms. The van der Waals surface area contributed by atoms with Crippen molar-refractivity contribution in [1.82, 2.24) is 15.1 Å². The molecule has 5 nitrogen and oxygen atoms in total. The Bertz CT molecular complexity index is 608. The highest BCUT2D eigenvalue weighted by Crippen LogP contribution is 2.36. The Labute approximate surface area is 137 Å². The molecule has 1 aromatic heterocycles. The minimum Gasteiger partial charge on any atom is -0.424 e. The van der Waals surface area contributed by atoms with E-state index in [2.05, 4.69) is 27.2 Å². The zero-order chi connectivity index (χ0) is 16.2. The largest absolute Gasteiger partial charge is 0.424 e. The molecule has 5 heteroatoms. The molecule has 1 fully saturated rings. The minimum absolute atomic E-state index is 0.157. The van der Waals surface area contributed by atoms with Crippen LogP contribution in [0.2, 0.25) is 0 Å². The van der Waals surface area contributed by atoms with E-state index in [0.717, 1.165) is 6.54 Å². The van der Waals surface area contributed by atoms with E-state index in [1.54, 1.807) is 0 Å². The second-order valence-electron chi connectivity index (χ2n) is 6.67. The Morgan fingerprint density at radius 3 is 2.48 bits per heavy atom. The van der Waals surface area contributed by atoms with Crippen LogP contribution in [0.3, 0.4) is 0 Å². The third-order valence-corrected chi connectivity index (χ3v) is 4.37. The molecule has 124 valence electrons. The first-order valence-electron chi connectivity index (χ1n) is 8.38. The Balaban J connectivity index is 1.76. The van der Waals surface area contributed by atoms with E-state index < -0.39 is 0 Å². The lowest BCUT2D eigenvalue weighted by molar-refractivity contribution is 0.0861. The molecule has 1 atom stereocenters. The molecule has 1 saturated carbocycles. The van der Waals surface area contributed by atoms with Crippen LogP contribution in [0.4, 0.5) is 0 Å². The summed E-state index contributed by atoms with van der Waals surface area (Å²) in [6.45, 7) is 5.61. The molecule has 1 N–H and O–H groups in total. The lowest BCUT2D eigenvalue weighted by Crippen LogP contribution is -2.38. The number of benzene rings is 1. The number of aliphatic hydroxyl groups excluding tert-OH is 1. The maximum atomic E-state index is 9.85. The molecule has 1 aliphatic rings. The summed E-state index contributed by atoms with van der Waals surface area (Å²) in [5.74, 6) is 2.11. The second-order valence-corrected chi connectivity index (χ2v) is 6.67. The average molecular weight is 315 g/mol. The van der Waals surface area contributed by atoms with Gasteiger partial charge in [0, 0.05) is 18.5 Å². The molecule has 0 saturated heterocycles. The molecule has 0 amide bonds. The third kappa shape index (κ3) is 4.18. The van der Waals surface area contributed by atoms with Crippen molar-refractivity contribution in [2.45, 2.75) is 51.7 Å². The molecule has 2 aromatic rings. The summed E-state index contributed by atoms with van der Waals surface area (Å²) in [5, 5.41) is 18.1. The fourth-order valence-corrected chi connectivity index (χ4v) is 2.89. The molecule has 1 aliphatic carbocycles. The summed E-state index contributed by atoms with van der Waals surface area (Å²) in [6, 6.07) is 10.5. The van der Waals surface area contributed by atoms with Gasteiger partial charge in [-0.3, -0.25) is 4.90 Å². The Morgan fingerprint density at radius 2 is 1.91 bits per heavy atom. The van der Waals surface area contributed by atoms with Crippen molar-refractivity contribution in [1.29, 1.82) is 0 Å². The Kier molecular flexibility index (Phi) is 5.08. The quantitative estimate of drug-likeness (QED) is 0.811. The van der Waals surface area contributed by atoms with Crippen molar-refractivity contribution < 1.29 is 9.52 Å². The van der Waals surface area contributed by atoms with Crippen LogP contribution in [0, 0.1) is 5.92 Å². The molecule has 0 bridgehead atoms. The van der Waals surface area contributed by atoms with E-state index in [0.29, 0.717) is 24.2 Å². The van der Waals surface area contributed by atoms with Crippen molar-refractivity contribution in [3.05, 3.63) is 47.7 Å². The molecular weight excluding hydrogens is 290 g/mol. The molecular formula is C18H25N3O2. The predicted octanol–water partition coefficient (Wildman–Crippen LogP) is 2.97. The fourth-order valence-electron chi connectivity index (χ4n) is 2.89. The SMILES string of the molecule is CC(C)c1nnc(CN(Cc2ccccc2)C(CO)C2CC2)o1. The summed E-state index contributed by atoms with van der Waals surface area (Å²) in [7, 11) is 0. The minimum atomic E-state index is 0.157. The second kappa shape index (κ2) is 7.23. The van der Waals surface area contributed by atoms with Crippen LogP contribution in [-0.4, -0.2) is 32.9 Å². The number of aliphatic hydroxyl groups is 1. The summed E-state index contributed by atoms with van der Waals surface area (Å²) in [6.07, 6.45) is 2.38. The number of rotatable bonds is 8. The number of aromatic nitrogens is 2. The molecule has 1 heterocycles. The summed E-state index contributed by atoms with van der Waals surface area (Å²) in [5.41, 5.74) is 1.23. The first-order chi connectivity index (χ1) is 11.2.